The zero-order valence-corrected chi connectivity index (χ0v) is 20.1. The number of nitrogens with one attached hydrogen (secondary N) is 1. The van der Waals surface area contributed by atoms with E-state index in [-0.39, 0.29) is 23.7 Å². The topological polar surface area (TPSA) is 60.0 Å². The van der Waals surface area contributed by atoms with Crippen molar-refractivity contribution in [2.24, 2.45) is 11.3 Å². The van der Waals surface area contributed by atoms with Gasteiger partial charge in [-0.3, -0.25) is 4.90 Å². The van der Waals surface area contributed by atoms with Crippen LogP contribution in [-0.4, -0.2) is 51.0 Å². The van der Waals surface area contributed by atoms with E-state index in [1.54, 1.807) is 14.2 Å². The van der Waals surface area contributed by atoms with E-state index in [2.05, 4.69) is 34.5 Å². The van der Waals surface area contributed by atoms with Gasteiger partial charge in [0.05, 0.1) is 20.3 Å². The van der Waals surface area contributed by atoms with Gasteiger partial charge in [0.2, 0.25) is 0 Å². The maximum Gasteiger partial charge on any atom is 0.407 e. The number of alkyl carbamates (subject to hydrolysis) is 1. The SMILES string of the molecule is COc1cccc(-c2ccc3c(c2)CCC2(CC2)C3NC(=O)O[C@@H]2CN3CCC2CC3)c1OC. The summed E-state index contributed by atoms with van der Waals surface area (Å²) in [4.78, 5) is 15.5. The molecular weight excluding hydrogens is 428 g/mol. The molecule has 6 nitrogen and oxygen atoms in total. The molecule has 5 aliphatic rings. The summed E-state index contributed by atoms with van der Waals surface area (Å²) in [5.41, 5.74) is 4.85. The maximum absolute atomic E-state index is 13.0. The van der Waals surface area contributed by atoms with Crippen molar-refractivity contribution in [2.45, 2.75) is 50.7 Å². The predicted molar refractivity (Wildman–Crippen MR) is 130 cm³/mol. The van der Waals surface area contributed by atoms with Gasteiger partial charge in [-0.05, 0) is 85.7 Å². The van der Waals surface area contributed by atoms with Gasteiger partial charge >= 0.3 is 6.09 Å². The summed E-state index contributed by atoms with van der Waals surface area (Å²) >= 11 is 0. The molecule has 0 aromatic heterocycles. The zero-order chi connectivity index (χ0) is 23.3. The summed E-state index contributed by atoms with van der Waals surface area (Å²) in [5.74, 6) is 1.99. The van der Waals surface area contributed by atoms with Gasteiger partial charge in [-0.1, -0.05) is 30.3 Å². The Morgan fingerprint density at radius 2 is 1.88 bits per heavy atom. The molecular formula is C28H34N2O4. The van der Waals surface area contributed by atoms with Gasteiger partial charge < -0.3 is 19.5 Å². The number of methoxy groups -OCH3 is 2. The van der Waals surface area contributed by atoms with Crippen LogP contribution in [0.1, 0.15) is 49.3 Å². The van der Waals surface area contributed by atoms with E-state index in [1.807, 2.05) is 12.1 Å². The molecule has 0 radical (unpaired) electrons. The summed E-state index contributed by atoms with van der Waals surface area (Å²) in [6.07, 6.45) is 6.54. The first-order valence-electron chi connectivity index (χ1n) is 12.6. The highest BCUT2D eigenvalue weighted by molar-refractivity contribution is 5.75. The largest absolute Gasteiger partial charge is 0.493 e. The molecule has 1 spiro atoms. The monoisotopic (exact) mass is 462 g/mol. The van der Waals surface area contributed by atoms with Crippen molar-refractivity contribution in [2.75, 3.05) is 33.9 Å². The van der Waals surface area contributed by atoms with Crippen LogP contribution in [0.4, 0.5) is 4.79 Å². The van der Waals surface area contributed by atoms with E-state index in [0.717, 1.165) is 67.9 Å². The molecule has 2 atom stereocenters. The number of piperidine rings is 3. The molecule has 1 amide bonds. The van der Waals surface area contributed by atoms with E-state index < -0.39 is 0 Å². The van der Waals surface area contributed by atoms with Crippen LogP contribution in [0.2, 0.25) is 0 Å². The molecule has 1 unspecified atom stereocenters. The summed E-state index contributed by atoms with van der Waals surface area (Å²) in [5, 5.41) is 3.31. The van der Waals surface area contributed by atoms with Crippen LogP contribution in [0.25, 0.3) is 11.1 Å². The third kappa shape index (κ3) is 3.72. The lowest BCUT2D eigenvalue weighted by atomic mass is 9.76. The highest BCUT2D eigenvalue weighted by Gasteiger charge is 2.53. The third-order valence-electron chi connectivity index (χ3n) is 8.68. The highest BCUT2D eigenvalue weighted by Crippen LogP contribution is 2.61. The predicted octanol–water partition coefficient (Wildman–Crippen LogP) is 4.96. The van der Waals surface area contributed by atoms with Gasteiger partial charge in [0.1, 0.15) is 6.10 Å². The fraction of sp³-hybridized carbons (Fsp3) is 0.536. The molecule has 3 aliphatic heterocycles. The smallest absolute Gasteiger partial charge is 0.407 e. The number of para-hydroxylation sites is 1. The second-order valence-electron chi connectivity index (χ2n) is 10.5. The van der Waals surface area contributed by atoms with Crippen LogP contribution in [0, 0.1) is 11.3 Å². The minimum absolute atomic E-state index is 0.0195. The van der Waals surface area contributed by atoms with Crippen molar-refractivity contribution in [3.05, 3.63) is 47.5 Å². The average molecular weight is 463 g/mol. The van der Waals surface area contributed by atoms with Crippen LogP contribution in [0.3, 0.4) is 0 Å². The molecule has 6 heteroatoms. The molecule has 1 N–H and O–H groups in total. The lowest BCUT2D eigenvalue weighted by Crippen LogP contribution is -2.53. The summed E-state index contributed by atoms with van der Waals surface area (Å²) < 4.78 is 17.2. The first-order valence-corrected chi connectivity index (χ1v) is 12.6. The molecule has 2 aliphatic carbocycles. The summed E-state index contributed by atoms with van der Waals surface area (Å²) in [7, 11) is 3.34. The number of fused-ring (bicyclic) bond motifs is 4. The second kappa shape index (κ2) is 8.49. The summed E-state index contributed by atoms with van der Waals surface area (Å²) in [6, 6.07) is 12.6. The number of hydrogen-bond donors (Lipinski definition) is 1. The number of aryl methyl sites for hydroxylation is 1. The molecule has 180 valence electrons. The fourth-order valence-corrected chi connectivity index (χ4v) is 6.51. The lowest BCUT2D eigenvalue weighted by Gasteiger charge is -2.44. The quantitative estimate of drug-likeness (QED) is 0.681. The van der Waals surface area contributed by atoms with Crippen molar-refractivity contribution in [3.63, 3.8) is 0 Å². The number of benzene rings is 2. The minimum atomic E-state index is -0.249. The number of hydrogen-bond acceptors (Lipinski definition) is 5. The molecule has 34 heavy (non-hydrogen) atoms. The Labute approximate surface area is 201 Å². The molecule has 2 bridgehead atoms. The normalized spacial score (nSPS) is 28.2. The van der Waals surface area contributed by atoms with E-state index in [1.165, 1.54) is 24.0 Å². The number of rotatable bonds is 5. The van der Waals surface area contributed by atoms with Crippen LogP contribution in [0.5, 0.6) is 11.5 Å². The van der Waals surface area contributed by atoms with Gasteiger partial charge in [-0.15, -0.1) is 0 Å². The molecule has 7 rings (SSSR count). The lowest BCUT2D eigenvalue weighted by molar-refractivity contribution is -0.0347. The standard InChI is InChI=1S/C28H34N2O4/c1-32-23-5-3-4-21(25(23)33-2)19-6-7-22-20(16-19)8-11-28(12-13-28)26(22)29-27(31)34-24-17-30-14-9-18(24)10-15-30/h3-7,16,18,24,26H,8-15,17H2,1-2H3,(H,29,31)/t24-,26?/m1/s1. The third-order valence-corrected chi connectivity index (χ3v) is 8.68. The number of amides is 1. The van der Waals surface area contributed by atoms with E-state index in [9.17, 15) is 4.79 Å². The molecule has 2 aromatic carbocycles. The number of nitrogens with zero attached hydrogens (tertiary/aromatic N) is 1. The van der Waals surface area contributed by atoms with Crippen LogP contribution >= 0.6 is 0 Å². The number of ether oxygens (including phenoxy) is 3. The van der Waals surface area contributed by atoms with Gasteiger partial charge in [-0.25, -0.2) is 4.79 Å². The van der Waals surface area contributed by atoms with Crippen LogP contribution in [-0.2, 0) is 11.2 Å². The second-order valence-corrected chi connectivity index (χ2v) is 10.5. The van der Waals surface area contributed by atoms with Crippen molar-refractivity contribution >= 4 is 6.09 Å². The van der Waals surface area contributed by atoms with Crippen LogP contribution < -0.4 is 14.8 Å². The van der Waals surface area contributed by atoms with E-state index >= 15 is 0 Å². The highest BCUT2D eigenvalue weighted by atomic mass is 16.6. The molecule has 3 saturated heterocycles. The molecule has 3 heterocycles. The Bertz CT molecular complexity index is 1090. The Kier molecular flexibility index (Phi) is 5.44. The zero-order valence-electron chi connectivity index (χ0n) is 20.1. The van der Waals surface area contributed by atoms with Crippen molar-refractivity contribution < 1.29 is 19.0 Å². The molecule has 4 fully saturated rings. The summed E-state index contributed by atoms with van der Waals surface area (Å²) in [6.45, 7) is 3.17. The number of carbonyl (C=O) groups excluding carboxylic acids is 1. The first-order chi connectivity index (χ1) is 16.6. The maximum atomic E-state index is 13.0. The Hall–Kier alpha value is -2.73. The molecule has 1 saturated carbocycles. The van der Waals surface area contributed by atoms with Crippen molar-refractivity contribution in [1.82, 2.24) is 10.2 Å². The Morgan fingerprint density at radius 3 is 2.56 bits per heavy atom. The number of carbonyl (C=O) groups is 1. The van der Waals surface area contributed by atoms with Gasteiger partial charge in [-0.2, -0.15) is 0 Å². The van der Waals surface area contributed by atoms with Gasteiger partial charge in [0.15, 0.2) is 11.5 Å². The van der Waals surface area contributed by atoms with E-state index in [4.69, 9.17) is 14.2 Å². The van der Waals surface area contributed by atoms with Crippen molar-refractivity contribution in [3.8, 4) is 22.6 Å². The van der Waals surface area contributed by atoms with Crippen LogP contribution in [0.15, 0.2) is 36.4 Å². The van der Waals surface area contributed by atoms with E-state index in [0.29, 0.717) is 5.92 Å². The van der Waals surface area contributed by atoms with Crippen molar-refractivity contribution in [1.29, 1.82) is 0 Å². The van der Waals surface area contributed by atoms with Gasteiger partial charge in [0.25, 0.3) is 0 Å². The van der Waals surface area contributed by atoms with Gasteiger partial charge in [0, 0.05) is 12.1 Å². The Balaban J connectivity index is 1.25. The average Bonchev–Trinajstić information content (AvgIpc) is 3.66. The fourth-order valence-electron chi connectivity index (χ4n) is 6.51. The minimum Gasteiger partial charge on any atom is -0.493 e. The Morgan fingerprint density at radius 1 is 1.06 bits per heavy atom. The first kappa shape index (κ1) is 21.8. The molecule has 2 aromatic rings.